The fourth-order valence-electron chi connectivity index (χ4n) is 1.67. The van der Waals surface area contributed by atoms with Crippen LogP contribution in [0.4, 0.5) is 5.69 Å². The maximum Gasteiger partial charge on any atom is 0.127 e. The van der Waals surface area contributed by atoms with E-state index in [1.807, 2.05) is 54.6 Å². The molecule has 1 heterocycles. The molecule has 5 heteroatoms. The molecule has 0 amide bonds. The van der Waals surface area contributed by atoms with Gasteiger partial charge in [0.1, 0.15) is 12.4 Å². The van der Waals surface area contributed by atoms with E-state index >= 15 is 0 Å². The summed E-state index contributed by atoms with van der Waals surface area (Å²) in [5.74, 6) is 0.879. The molecule has 0 radical (unpaired) electrons. The van der Waals surface area contributed by atoms with Crippen molar-refractivity contribution in [3.63, 3.8) is 0 Å². The van der Waals surface area contributed by atoms with E-state index in [4.69, 9.17) is 4.74 Å². The molecule has 1 aliphatic heterocycles. The van der Waals surface area contributed by atoms with Crippen molar-refractivity contribution >= 4 is 43.4 Å². The Balaban J connectivity index is 0.000000225. The molecular weight excluding hydrogens is 396 g/mol. The summed E-state index contributed by atoms with van der Waals surface area (Å²) >= 11 is 6.89. The van der Waals surface area contributed by atoms with Gasteiger partial charge in [0.05, 0.1) is 18.8 Å². The standard InChI is InChI=1S/C10H10Br2N2O.C6H6/c11-7-1-2-9(8(12)5-7)14-10-6-15-4-3-13-10;1-2-4-6-5-3-1/h1-2,5H,3-4,6H2,(H,13,14);1-6H. The van der Waals surface area contributed by atoms with Crippen LogP contribution in [0.15, 0.2) is 68.5 Å². The van der Waals surface area contributed by atoms with Gasteiger partial charge in [-0.2, -0.15) is 0 Å². The second-order valence-corrected chi connectivity index (χ2v) is 6.05. The first-order valence-electron chi connectivity index (χ1n) is 6.59. The van der Waals surface area contributed by atoms with Crippen molar-refractivity contribution in [2.45, 2.75) is 0 Å². The SMILES string of the molecule is Brc1ccc(NC2=NCCOC2)c(Br)c1.c1ccccc1. The average molecular weight is 412 g/mol. The molecule has 0 saturated heterocycles. The predicted molar refractivity (Wildman–Crippen MR) is 95.0 cm³/mol. The lowest BCUT2D eigenvalue weighted by molar-refractivity contribution is 0.171. The quantitative estimate of drug-likeness (QED) is 0.735. The molecule has 0 aromatic heterocycles. The number of amidine groups is 1. The Bertz CT molecular complexity index is 561. The van der Waals surface area contributed by atoms with Gasteiger partial charge in [-0.05, 0) is 34.1 Å². The molecule has 110 valence electrons. The van der Waals surface area contributed by atoms with Gasteiger partial charge in [0.15, 0.2) is 0 Å². The number of hydrogen-bond acceptors (Lipinski definition) is 3. The molecule has 3 rings (SSSR count). The van der Waals surface area contributed by atoms with E-state index in [0.29, 0.717) is 13.2 Å². The summed E-state index contributed by atoms with van der Waals surface area (Å²) in [6, 6.07) is 18.0. The van der Waals surface area contributed by atoms with Crippen molar-refractivity contribution < 1.29 is 4.74 Å². The molecule has 0 fully saturated rings. The van der Waals surface area contributed by atoms with Gasteiger partial charge in [-0.1, -0.05) is 52.3 Å². The Morgan fingerprint density at radius 2 is 1.67 bits per heavy atom. The van der Waals surface area contributed by atoms with E-state index in [9.17, 15) is 0 Å². The number of nitrogens with zero attached hydrogens (tertiary/aromatic N) is 1. The van der Waals surface area contributed by atoms with Crippen LogP contribution in [0, 0.1) is 0 Å². The van der Waals surface area contributed by atoms with Crippen molar-refractivity contribution in [1.29, 1.82) is 0 Å². The Morgan fingerprint density at radius 1 is 1.00 bits per heavy atom. The zero-order valence-electron chi connectivity index (χ0n) is 11.4. The number of halogens is 2. The Morgan fingerprint density at radius 3 is 2.19 bits per heavy atom. The van der Waals surface area contributed by atoms with Crippen LogP contribution in [0.25, 0.3) is 0 Å². The van der Waals surface area contributed by atoms with Crippen LogP contribution in [0.1, 0.15) is 0 Å². The first-order chi connectivity index (χ1) is 10.3. The smallest absolute Gasteiger partial charge is 0.127 e. The number of ether oxygens (including phenoxy) is 1. The lowest BCUT2D eigenvalue weighted by Crippen LogP contribution is -2.24. The maximum atomic E-state index is 5.30. The summed E-state index contributed by atoms with van der Waals surface area (Å²) in [4.78, 5) is 4.34. The van der Waals surface area contributed by atoms with E-state index in [1.165, 1.54) is 0 Å². The molecule has 1 aliphatic rings. The molecule has 0 unspecified atom stereocenters. The minimum Gasteiger partial charge on any atom is -0.372 e. The lowest BCUT2D eigenvalue weighted by atomic mass is 10.3. The van der Waals surface area contributed by atoms with Crippen molar-refractivity contribution in [2.24, 2.45) is 4.99 Å². The molecule has 1 N–H and O–H groups in total. The molecule has 0 atom stereocenters. The monoisotopic (exact) mass is 410 g/mol. The van der Waals surface area contributed by atoms with Crippen LogP contribution >= 0.6 is 31.9 Å². The fraction of sp³-hybridized carbons (Fsp3) is 0.188. The molecule has 2 aromatic rings. The van der Waals surface area contributed by atoms with Crippen LogP contribution in [0.2, 0.25) is 0 Å². The van der Waals surface area contributed by atoms with Gasteiger partial charge >= 0.3 is 0 Å². The topological polar surface area (TPSA) is 33.6 Å². The van der Waals surface area contributed by atoms with Crippen LogP contribution in [0.5, 0.6) is 0 Å². The molecular formula is C16H16Br2N2O. The summed E-state index contributed by atoms with van der Waals surface area (Å²) in [6.45, 7) is 2.01. The van der Waals surface area contributed by atoms with Crippen molar-refractivity contribution in [1.82, 2.24) is 0 Å². The van der Waals surface area contributed by atoms with Gasteiger partial charge in [0, 0.05) is 8.95 Å². The Kier molecular flexibility index (Phi) is 6.92. The van der Waals surface area contributed by atoms with E-state index in [1.54, 1.807) is 0 Å². The lowest BCUT2D eigenvalue weighted by Gasteiger charge is -2.15. The Labute approximate surface area is 141 Å². The molecule has 3 nitrogen and oxygen atoms in total. The second kappa shape index (κ2) is 8.97. The molecule has 0 bridgehead atoms. The number of rotatable bonds is 1. The van der Waals surface area contributed by atoms with E-state index in [-0.39, 0.29) is 0 Å². The van der Waals surface area contributed by atoms with Crippen LogP contribution < -0.4 is 5.32 Å². The number of nitrogens with one attached hydrogen (secondary N) is 1. The van der Waals surface area contributed by atoms with Gasteiger partial charge in [0.25, 0.3) is 0 Å². The summed E-state index contributed by atoms with van der Waals surface area (Å²) in [5, 5.41) is 3.23. The van der Waals surface area contributed by atoms with Crippen LogP contribution in [0.3, 0.4) is 0 Å². The number of anilines is 1. The average Bonchev–Trinajstić information content (AvgIpc) is 2.53. The zero-order chi connectivity index (χ0) is 14.9. The summed E-state index contributed by atoms with van der Waals surface area (Å²) in [5.41, 5.74) is 1.00. The van der Waals surface area contributed by atoms with E-state index in [2.05, 4.69) is 42.2 Å². The second-order valence-electron chi connectivity index (χ2n) is 4.28. The third-order valence-corrected chi connectivity index (χ3v) is 3.80. The highest BCUT2D eigenvalue weighted by Gasteiger charge is 2.07. The molecule has 0 saturated carbocycles. The minimum absolute atomic E-state index is 0.558. The van der Waals surface area contributed by atoms with Gasteiger partial charge in [0.2, 0.25) is 0 Å². The highest BCUT2D eigenvalue weighted by atomic mass is 79.9. The maximum absolute atomic E-state index is 5.30. The van der Waals surface area contributed by atoms with Gasteiger partial charge in [-0.25, -0.2) is 0 Å². The molecule has 0 aliphatic carbocycles. The summed E-state index contributed by atoms with van der Waals surface area (Å²) in [6.07, 6.45) is 0. The normalized spacial score (nSPS) is 13.7. The van der Waals surface area contributed by atoms with Crippen molar-refractivity contribution in [3.05, 3.63) is 63.5 Å². The zero-order valence-corrected chi connectivity index (χ0v) is 14.6. The van der Waals surface area contributed by atoms with E-state index in [0.717, 1.165) is 27.0 Å². The first-order valence-corrected chi connectivity index (χ1v) is 8.17. The van der Waals surface area contributed by atoms with Crippen molar-refractivity contribution in [2.75, 3.05) is 25.1 Å². The Hall–Kier alpha value is -1.17. The minimum atomic E-state index is 0.558. The highest BCUT2D eigenvalue weighted by molar-refractivity contribution is 9.11. The number of benzene rings is 2. The summed E-state index contributed by atoms with van der Waals surface area (Å²) < 4.78 is 7.35. The first kappa shape index (κ1) is 16.2. The third kappa shape index (κ3) is 5.99. The molecule has 2 aromatic carbocycles. The van der Waals surface area contributed by atoms with Gasteiger partial charge in [-0.3, -0.25) is 4.99 Å². The van der Waals surface area contributed by atoms with Crippen LogP contribution in [-0.2, 0) is 4.74 Å². The molecule has 21 heavy (non-hydrogen) atoms. The summed E-state index contributed by atoms with van der Waals surface area (Å²) in [7, 11) is 0. The number of hydrogen-bond donors (Lipinski definition) is 1. The predicted octanol–water partition coefficient (Wildman–Crippen LogP) is 4.74. The largest absolute Gasteiger partial charge is 0.372 e. The van der Waals surface area contributed by atoms with Gasteiger partial charge in [-0.15, -0.1) is 0 Å². The third-order valence-electron chi connectivity index (χ3n) is 2.65. The highest BCUT2D eigenvalue weighted by Crippen LogP contribution is 2.26. The van der Waals surface area contributed by atoms with E-state index < -0.39 is 0 Å². The fourth-order valence-corrected chi connectivity index (χ4v) is 2.81. The van der Waals surface area contributed by atoms with Crippen LogP contribution in [-0.4, -0.2) is 25.6 Å². The van der Waals surface area contributed by atoms with Crippen molar-refractivity contribution in [3.8, 4) is 0 Å². The van der Waals surface area contributed by atoms with Gasteiger partial charge < -0.3 is 10.1 Å². The molecule has 0 spiro atoms. The number of aliphatic imine (C=N–C) groups is 1.